The van der Waals surface area contributed by atoms with Crippen molar-refractivity contribution in [3.05, 3.63) is 92.8 Å². The summed E-state index contributed by atoms with van der Waals surface area (Å²) in [5.41, 5.74) is 2.55. The molecule has 1 aliphatic heterocycles. The van der Waals surface area contributed by atoms with Gasteiger partial charge in [0.1, 0.15) is 6.61 Å². The monoisotopic (exact) mass is 540 g/mol. The van der Waals surface area contributed by atoms with Gasteiger partial charge in [-0.25, -0.2) is 4.99 Å². The fraction of sp³-hybridized carbons (Fsp3) is 0.214. The third-order valence-corrected chi connectivity index (χ3v) is 7.01. The lowest BCUT2D eigenvalue weighted by molar-refractivity contribution is -0.122. The van der Waals surface area contributed by atoms with Crippen LogP contribution < -0.4 is 9.47 Å². The van der Waals surface area contributed by atoms with E-state index in [2.05, 4.69) is 0 Å². The first-order valence-corrected chi connectivity index (χ1v) is 13.2. The van der Waals surface area contributed by atoms with Gasteiger partial charge in [0, 0.05) is 6.54 Å². The molecule has 4 rings (SSSR count). The minimum absolute atomic E-state index is 0.0468. The van der Waals surface area contributed by atoms with Gasteiger partial charge in [-0.2, -0.15) is 0 Å². The highest BCUT2D eigenvalue weighted by Crippen LogP contribution is 2.36. The summed E-state index contributed by atoms with van der Waals surface area (Å²) in [6.45, 7) is 5.37. The third-order valence-electron chi connectivity index (χ3n) is 5.26. The van der Waals surface area contributed by atoms with Crippen LogP contribution in [0.25, 0.3) is 6.08 Å². The van der Waals surface area contributed by atoms with Gasteiger partial charge in [0.2, 0.25) is 0 Å². The summed E-state index contributed by atoms with van der Waals surface area (Å²) in [6.07, 6.45) is 2.71. The molecule has 36 heavy (non-hydrogen) atoms. The minimum atomic E-state index is -0.0468. The number of nitrogens with zero attached hydrogens (tertiary/aromatic N) is 2. The van der Waals surface area contributed by atoms with Crippen molar-refractivity contribution in [2.24, 2.45) is 4.99 Å². The van der Waals surface area contributed by atoms with Gasteiger partial charge in [-0.15, -0.1) is 0 Å². The van der Waals surface area contributed by atoms with Crippen LogP contribution in [0.3, 0.4) is 0 Å². The molecule has 1 aliphatic rings. The maximum Gasteiger partial charge on any atom is 0.266 e. The number of ether oxygens (including phenoxy) is 2. The van der Waals surface area contributed by atoms with Crippen LogP contribution in [0.1, 0.15) is 31.4 Å². The van der Waals surface area contributed by atoms with Crippen LogP contribution in [0.5, 0.6) is 11.5 Å². The molecule has 1 amide bonds. The topological polar surface area (TPSA) is 51.1 Å². The average Bonchev–Trinajstić information content (AvgIpc) is 3.15. The molecule has 186 valence electrons. The number of hydrogen-bond acceptors (Lipinski definition) is 5. The standard InChI is InChI=1S/C28H26Cl2N2O3S/c1-3-14-32-27(33)26(36-28(32)31-21-8-6-5-7-9-21)17-19-11-13-24(25(16-19)34-4-2)35-18-20-10-12-22(29)23(30)15-20/h5-13,15-17H,3-4,14,18H2,1-2H3/b26-17+,31-28?. The zero-order valence-corrected chi connectivity index (χ0v) is 22.4. The molecule has 0 unspecified atom stereocenters. The fourth-order valence-corrected chi connectivity index (χ4v) is 4.91. The van der Waals surface area contributed by atoms with Gasteiger partial charge in [0.25, 0.3) is 5.91 Å². The van der Waals surface area contributed by atoms with Gasteiger partial charge in [-0.05, 0) is 78.7 Å². The van der Waals surface area contributed by atoms with Crippen molar-refractivity contribution in [1.82, 2.24) is 4.90 Å². The van der Waals surface area contributed by atoms with E-state index in [-0.39, 0.29) is 5.91 Å². The van der Waals surface area contributed by atoms with Crippen molar-refractivity contribution in [2.45, 2.75) is 26.9 Å². The lowest BCUT2D eigenvalue weighted by atomic mass is 10.1. The molecular weight excluding hydrogens is 515 g/mol. The summed E-state index contributed by atoms with van der Waals surface area (Å²) >= 11 is 13.5. The molecule has 1 fully saturated rings. The van der Waals surface area contributed by atoms with Crippen molar-refractivity contribution in [2.75, 3.05) is 13.2 Å². The van der Waals surface area contributed by atoms with Crippen LogP contribution in [0, 0.1) is 0 Å². The van der Waals surface area contributed by atoms with Crippen LogP contribution in [0.2, 0.25) is 10.0 Å². The first-order valence-electron chi connectivity index (χ1n) is 11.7. The predicted molar refractivity (Wildman–Crippen MR) is 150 cm³/mol. The number of carbonyl (C=O) groups excluding carboxylic acids is 1. The molecule has 1 saturated heterocycles. The number of carbonyl (C=O) groups is 1. The van der Waals surface area contributed by atoms with E-state index in [1.807, 2.05) is 74.5 Å². The third kappa shape index (κ3) is 6.44. The van der Waals surface area contributed by atoms with E-state index in [4.69, 9.17) is 37.7 Å². The highest BCUT2D eigenvalue weighted by molar-refractivity contribution is 8.18. The molecule has 0 radical (unpaired) electrons. The molecule has 0 spiro atoms. The SMILES string of the molecule is CCCN1C(=O)/C(=C\c2ccc(OCc3ccc(Cl)c(Cl)c3)c(OCC)c2)SC1=Nc1ccccc1. The quantitative estimate of drug-likeness (QED) is 0.258. The van der Waals surface area contributed by atoms with Crippen molar-refractivity contribution < 1.29 is 14.3 Å². The number of benzene rings is 3. The molecule has 0 bridgehead atoms. The molecule has 0 aliphatic carbocycles. The van der Waals surface area contributed by atoms with Crippen molar-refractivity contribution in [3.63, 3.8) is 0 Å². The number of hydrogen-bond donors (Lipinski definition) is 0. The van der Waals surface area contributed by atoms with Crippen molar-refractivity contribution >= 4 is 57.8 Å². The minimum Gasteiger partial charge on any atom is -0.490 e. The van der Waals surface area contributed by atoms with E-state index in [1.165, 1.54) is 11.8 Å². The summed E-state index contributed by atoms with van der Waals surface area (Å²) < 4.78 is 11.8. The molecule has 3 aromatic carbocycles. The molecule has 8 heteroatoms. The Morgan fingerprint density at radius 1 is 0.944 bits per heavy atom. The van der Waals surface area contributed by atoms with E-state index >= 15 is 0 Å². The number of aliphatic imine (C=N–C) groups is 1. The van der Waals surface area contributed by atoms with Crippen LogP contribution in [0.15, 0.2) is 76.6 Å². The van der Waals surface area contributed by atoms with Gasteiger partial charge >= 0.3 is 0 Å². The zero-order chi connectivity index (χ0) is 25.5. The molecule has 0 aromatic heterocycles. The fourth-order valence-electron chi connectivity index (χ4n) is 3.57. The largest absolute Gasteiger partial charge is 0.490 e. The molecule has 3 aromatic rings. The van der Waals surface area contributed by atoms with Crippen LogP contribution >= 0.6 is 35.0 Å². The Morgan fingerprint density at radius 2 is 1.75 bits per heavy atom. The zero-order valence-electron chi connectivity index (χ0n) is 20.0. The molecule has 0 saturated carbocycles. The number of amides is 1. The highest BCUT2D eigenvalue weighted by atomic mass is 35.5. The summed E-state index contributed by atoms with van der Waals surface area (Å²) in [5.74, 6) is 1.16. The molecule has 0 atom stereocenters. The molecular formula is C28H26Cl2N2O3S. The van der Waals surface area contributed by atoms with E-state index in [1.54, 1.807) is 17.0 Å². The normalized spacial score (nSPS) is 15.7. The Kier molecular flexibility index (Phi) is 8.97. The molecule has 1 heterocycles. The second-order valence-corrected chi connectivity index (χ2v) is 9.80. The lowest BCUT2D eigenvalue weighted by Gasteiger charge is -2.14. The first kappa shape index (κ1) is 26.1. The summed E-state index contributed by atoms with van der Waals surface area (Å²) in [6, 6.07) is 20.7. The van der Waals surface area contributed by atoms with E-state index in [0.717, 1.165) is 23.2 Å². The summed E-state index contributed by atoms with van der Waals surface area (Å²) in [4.78, 5) is 20.2. The van der Waals surface area contributed by atoms with Gasteiger partial charge < -0.3 is 9.47 Å². The summed E-state index contributed by atoms with van der Waals surface area (Å²) in [7, 11) is 0. The van der Waals surface area contributed by atoms with Gasteiger partial charge in [-0.1, -0.05) is 60.5 Å². The first-order chi connectivity index (χ1) is 17.5. The Morgan fingerprint density at radius 3 is 2.47 bits per heavy atom. The van der Waals surface area contributed by atoms with Crippen LogP contribution in [-0.2, 0) is 11.4 Å². The lowest BCUT2D eigenvalue weighted by Crippen LogP contribution is -2.29. The second-order valence-electron chi connectivity index (χ2n) is 7.97. The van der Waals surface area contributed by atoms with Crippen molar-refractivity contribution in [3.8, 4) is 11.5 Å². The number of para-hydroxylation sites is 1. The number of amidine groups is 1. The maximum absolute atomic E-state index is 13.2. The van der Waals surface area contributed by atoms with E-state index in [0.29, 0.717) is 51.4 Å². The van der Waals surface area contributed by atoms with Gasteiger partial charge in [0.05, 0.1) is 27.2 Å². The van der Waals surface area contributed by atoms with E-state index in [9.17, 15) is 4.79 Å². The smallest absolute Gasteiger partial charge is 0.266 e. The van der Waals surface area contributed by atoms with Crippen LogP contribution in [-0.4, -0.2) is 29.1 Å². The van der Waals surface area contributed by atoms with Crippen LogP contribution in [0.4, 0.5) is 5.69 Å². The van der Waals surface area contributed by atoms with Gasteiger partial charge in [0.15, 0.2) is 16.7 Å². The van der Waals surface area contributed by atoms with Gasteiger partial charge in [-0.3, -0.25) is 9.69 Å². The molecule has 0 N–H and O–H groups in total. The highest BCUT2D eigenvalue weighted by Gasteiger charge is 2.32. The Balaban J connectivity index is 1.56. The summed E-state index contributed by atoms with van der Waals surface area (Å²) in [5, 5.41) is 1.67. The Bertz CT molecular complexity index is 1300. The Labute approximate surface area is 225 Å². The number of rotatable bonds is 9. The Hall–Kier alpha value is -2.93. The predicted octanol–water partition coefficient (Wildman–Crippen LogP) is 7.99. The maximum atomic E-state index is 13.2. The van der Waals surface area contributed by atoms with Crippen molar-refractivity contribution in [1.29, 1.82) is 0 Å². The van der Waals surface area contributed by atoms with E-state index < -0.39 is 0 Å². The second kappa shape index (κ2) is 12.3. The number of halogens is 2. The number of thioether (sulfide) groups is 1. The average molecular weight is 542 g/mol. The molecule has 5 nitrogen and oxygen atoms in total.